The van der Waals surface area contributed by atoms with Gasteiger partial charge < -0.3 is 14.6 Å². The van der Waals surface area contributed by atoms with Gasteiger partial charge in [-0.3, -0.25) is 4.79 Å². The van der Waals surface area contributed by atoms with Crippen molar-refractivity contribution in [3.8, 4) is 5.75 Å². The Bertz CT molecular complexity index is 1030. The largest absolute Gasteiger partial charge is 0.481 e. The van der Waals surface area contributed by atoms with E-state index >= 15 is 0 Å². The average molecular weight is 435 g/mol. The Kier molecular flexibility index (Phi) is 6.76. The van der Waals surface area contributed by atoms with Crippen LogP contribution in [0.3, 0.4) is 0 Å². The zero-order valence-electron chi connectivity index (χ0n) is 16.1. The summed E-state index contributed by atoms with van der Waals surface area (Å²) in [6, 6.07) is 11.5. The van der Waals surface area contributed by atoms with Gasteiger partial charge in [-0.05, 0) is 43.7 Å². The summed E-state index contributed by atoms with van der Waals surface area (Å²) < 4.78 is 21.0. The number of ether oxygens (including phenoxy) is 1. The third kappa shape index (κ3) is 5.27. The number of carbonyl (C=O) groups is 1. The lowest BCUT2D eigenvalue weighted by Crippen LogP contribution is -2.15. The number of para-hydroxylation sites is 1. The molecule has 0 saturated carbocycles. The molecule has 1 amide bonds. The number of halogens is 2. The number of rotatable bonds is 7. The molecule has 6 nitrogen and oxygen atoms in total. The first-order chi connectivity index (χ1) is 13.8. The Balaban J connectivity index is 1.61. The molecule has 2 aromatic carbocycles. The van der Waals surface area contributed by atoms with Crippen molar-refractivity contribution in [2.75, 3.05) is 11.1 Å². The van der Waals surface area contributed by atoms with Crippen LogP contribution in [0.2, 0.25) is 5.02 Å². The highest BCUT2D eigenvalue weighted by molar-refractivity contribution is 7.99. The number of anilines is 1. The zero-order chi connectivity index (χ0) is 21.0. The summed E-state index contributed by atoms with van der Waals surface area (Å²) in [7, 11) is 1.80. The maximum Gasteiger partial charge on any atom is 0.234 e. The van der Waals surface area contributed by atoms with Crippen molar-refractivity contribution in [1.82, 2.24) is 14.8 Å². The molecule has 1 aromatic heterocycles. The van der Waals surface area contributed by atoms with Crippen molar-refractivity contribution >= 4 is 35.0 Å². The van der Waals surface area contributed by atoms with Gasteiger partial charge >= 0.3 is 0 Å². The van der Waals surface area contributed by atoms with Crippen LogP contribution < -0.4 is 10.1 Å². The number of hydrogen-bond acceptors (Lipinski definition) is 5. The first-order valence-corrected chi connectivity index (χ1v) is 10.2. The summed E-state index contributed by atoms with van der Waals surface area (Å²) in [6.45, 7) is 3.65. The fourth-order valence-corrected chi connectivity index (χ4v) is 3.53. The van der Waals surface area contributed by atoms with Crippen LogP contribution in [0.15, 0.2) is 47.6 Å². The lowest BCUT2D eigenvalue weighted by atomic mass is 10.2. The molecular formula is C20H20ClFN4O2S. The molecule has 0 bridgehead atoms. The average Bonchev–Trinajstić information content (AvgIpc) is 3.05. The van der Waals surface area contributed by atoms with Crippen molar-refractivity contribution in [3.63, 3.8) is 0 Å². The van der Waals surface area contributed by atoms with Crippen LogP contribution in [-0.2, 0) is 11.8 Å². The predicted molar refractivity (Wildman–Crippen MR) is 112 cm³/mol. The number of carbonyl (C=O) groups excluding carboxylic acids is 1. The van der Waals surface area contributed by atoms with Gasteiger partial charge in [0.1, 0.15) is 11.6 Å². The molecular weight excluding hydrogens is 415 g/mol. The van der Waals surface area contributed by atoms with E-state index in [-0.39, 0.29) is 17.8 Å². The van der Waals surface area contributed by atoms with Crippen molar-refractivity contribution in [2.45, 2.75) is 25.1 Å². The smallest absolute Gasteiger partial charge is 0.234 e. The molecule has 3 rings (SSSR count). The van der Waals surface area contributed by atoms with E-state index in [1.165, 1.54) is 23.9 Å². The minimum Gasteiger partial charge on any atom is -0.481 e. The SMILES string of the molecule is Cc1ccc(F)cc1NC(=O)CSc1nnc([C@@H](C)Oc2ccccc2Cl)n1C. The maximum absolute atomic E-state index is 13.4. The number of amides is 1. The van der Waals surface area contributed by atoms with Gasteiger partial charge in [0, 0.05) is 12.7 Å². The van der Waals surface area contributed by atoms with Crippen LogP contribution in [-0.4, -0.2) is 26.4 Å². The summed E-state index contributed by atoms with van der Waals surface area (Å²) in [5.41, 5.74) is 1.24. The lowest BCUT2D eigenvalue weighted by molar-refractivity contribution is -0.113. The van der Waals surface area contributed by atoms with Gasteiger partial charge in [0.25, 0.3) is 0 Å². The summed E-state index contributed by atoms with van der Waals surface area (Å²) in [5.74, 6) is 0.622. The van der Waals surface area contributed by atoms with E-state index in [4.69, 9.17) is 16.3 Å². The normalized spacial score (nSPS) is 11.9. The van der Waals surface area contributed by atoms with Gasteiger partial charge in [0.05, 0.1) is 10.8 Å². The molecule has 0 saturated heterocycles. The molecule has 152 valence electrons. The molecule has 0 unspecified atom stereocenters. The minimum atomic E-state index is -0.399. The highest BCUT2D eigenvalue weighted by Gasteiger charge is 2.19. The Morgan fingerprint density at radius 3 is 2.83 bits per heavy atom. The fraction of sp³-hybridized carbons (Fsp3) is 0.250. The highest BCUT2D eigenvalue weighted by atomic mass is 35.5. The molecule has 1 N–H and O–H groups in total. The van der Waals surface area contributed by atoms with Gasteiger partial charge in [-0.25, -0.2) is 4.39 Å². The van der Waals surface area contributed by atoms with Crippen molar-refractivity contribution in [3.05, 3.63) is 64.7 Å². The monoisotopic (exact) mass is 434 g/mol. The molecule has 0 aliphatic heterocycles. The second kappa shape index (κ2) is 9.28. The minimum absolute atomic E-state index is 0.113. The Morgan fingerprint density at radius 2 is 2.07 bits per heavy atom. The summed E-state index contributed by atoms with van der Waals surface area (Å²) in [4.78, 5) is 12.2. The van der Waals surface area contributed by atoms with Gasteiger partial charge in [0.15, 0.2) is 17.1 Å². The number of benzene rings is 2. The van der Waals surface area contributed by atoms with E-state index in [9.17, 15) is 9.18 Å². The van der Waals surface area contributed by atoms with Crippen LogP contribution in [0.5, 0.6) is 5.75 Å². The molecule has 1 atom stereocenters. The quantitative estimate of drug-likeness (QED) is 0.541. The molecule has 0 fully saturated rings. The summed E-state index contributed by atoms with van der Waals surface area (Å²) in [6.07, 6.45) is -0.384. The van der Waals surface area contributed by atoms with E-state index in [2.05, 4.69) is 15.5 Å². The number of hydrogen-bond donors (Lipinski definition) is 1. The molecule has 0 aliphatic rings. The van der Waals surface area contributed by atoms with E-state index in [0.717, 1.165) is 5.56 Å². The Hall–Kier alpha value is -2.58. The van der Waals surface area contributed by atoms with Crippen molar-refractivity contribution in [2.24, 2.45) is 7.05 Å². The van der Waals surface area contributed by atoms with E-state index in [1.807, 2.05) is 19.1 Å². The van der Waals surface area contributed by atoms with Gasteiger partial charge in [-0.2, -0.15) is 0 Å². The van der Waals surface area contributed by atoms with E-state index in [1.54, 1.807) is 36.7 Å². The van der Waals surface area contributed by atoms with Crippen LogP contribution in [0.4, 0.5) is 10.1 Å². The second-order valence-electron chi connectivity index (χ2n) is 6.39. The first-order valence-electron chi connectivity index (χ1n) is 8.84. The predicted octanol–water partition coefficient (Wildman–Crippen LogP) is 4.79. The zero-order valence-corrected chi connectivity index (χ0v) is 17.7. The molecule has 0 radical (unpaired) electrons. The third-order valence-corrected chi connectivity index (χ3v) is 5.51. The third-order valence-electron chi connectivity index (χ3n) is 4.18. The maximum atomic E-state index is 13.4. The van der Waals surface area contributed by atoms with Crippen LogP contribution in [0.1, 0.15) is 24.4 Å². The van der Waals surface area contributed by atoms with Crippen molar-refractivity contribution in [1.29, 1.82) is 0 Å². The lowest BCUT2D eigenvalue weighted by Gasteiger charge is -2.15. The number of nitrogens with one attached hydrogen (secondary N) is 1. The van der Waals surface area contributed by atoms with Crippen LogP contribution >= 0.6 is 23.4 Å². The van der Waals surface area contributed by atoms with Gasteiger partial charge in [-0.1, -0.05) is 41.6 Å². The molecule has 29 heavy (non-hydrogen) atoms. The van der Waals surface area contributed by atoms with Crippen molar-refractivity contribution < 1.29 is 13.9 Å². The fourth-order valence-electron chi connectivity index (χ4n) is 2.63. The second-order valence-corrected chi connectivity index (χ2v) is 7.74. The Morgan fingerprint density at radius 1 is 1.31 bits per heavy atom. The van der Waals surface area contributed by atoms with Gasteiger partial charge in [-0.15, -0.1) is 10.2 Å². The summed E-state index contributed by atoms with van der Waals surface area (Å²) in [5, 5.41) is 12.1. The first kappa shape index (κ1) is 21.1. The topological polar surface area (TPSA) is 69.0 Å². The number of thioether (sulfide) groups is 1. The molecule has 0 aliphatic carbocycles. The molecule has 0 spiro atoms. The molecule has 1 heterocycles. The standard InChI is InChI=1S/C20H20ClFN4O2S/c1-12-8-9-14(22)10-16(12)23-18(27)11-29-20-25-24-19(26(20)3)13(2)28-17-7-5-4-6-15(17)21/h4-10,13H,11H2,1-3H3,(H,23,27)/t13-/m1/s1. The highest BCUT2D eigenvalue weighted by Crippen LogP contribution is 2.29. The summed E-state index contributed by atoms with van der Waals surface area (Å²) >= 11 is 7.37. The van der Waals surface area contributed by atoms with E-state index in [0.29, 0.717) is 27.4 Å². The number of nitrogens with zero attached hydrogens (tertiary/aromatic N) is 3. The van der Waals surface area contributed by atoms with E-state index < -0.39 is 5.82 Å². The number of aryl methyl sites for hydroxylation is 1. The molecule has 9 heteroatoms. The van der Waals surface area contributed by atoms with Crippen LogP contribution in [0.25, 0.3) is 0 Å². The number of aromatic nitrogens is 3. The Labute approximate surface area is 177 Å². The molecule has 3 aromatic rings. The van der Waals surface area contributed by atoms with Crippen LogP contribution in [0, 0.1) is 12.7 Å². The van der Waals surface area contributed by atoms with Gasteiger partial charge in [0.2, 0.25) is 5.91 Å².